The molecule has 130 valence electrons. The van der Waals surface area contributed by atoms with Crippen molar-refractivity contribution in [1.82, 2.24) is 9.88 Å². The van der Waals surface area contributed by atoms with Gasteiger partial charge in [0.2, 0.25) is 0 Å². The summed E-state index contributed by atoms with van der Waals surface area (Å²) >= 11 is 1.67. The summed E-state index contributed by atoms with van der Waals surface area (Å²) in [5, 5.41) is 1.05. The lowest BCUT2D eigenvalue weighted by Crippen LogP contribution is -2.17. The van der Waals surface area contributed by atoms with Crippen LogP contribution in [0.2, 0.25) is 0 Å². The average molecular weight is 355 g/mol. The highest BCUT2D eigenvalue weighted by molar-refractivity contribution is 7.15. The first-order valence-corrected chi connectivity index (χ1v) is 8.78. The van der Waals surface area contributed by atoms with Crippen LogP contribution in [0.25, 0.3) is 0 Å². The van der Waals surface area contributed by atoms with Crippen LogP contribution in [0.15, 0.2) is 30.5 Å². The lowest BCUT2D eigenvalue weighted by atomic mass is 10.1. The van der Waals surface area contributed by atoms with Crippen molar-refractivity contribution in [3.63, 3.8) is 0 Å². The number of anilines is 1. The van der Waals surface area contributed by atoms with Crippen LogP contribution in [0.4, 0.5) is 18.3 Å². The minimum absolute atomic E-state index is 0.473. The van der Waals surface area contributed by atoms with E-state index in [4.69, 9.17) is 0 Å². The molecule has 24 heavy (non-hydrogen) atoms. The third-order valence-corrected chi connectivity index (χ3v) is 5.09. The fourth-order valence-corrected chi connectivity index (χ4v) is 3.95. The third kappa shape index (κ3) is 4.27. The number of aromatic nitrogens is 1. The van der Waals surface area contributed by atoms with Gasteiger partial charge in [-0.25, -0.2) is 4.98 Å². The Labute approximate surface area is 143 Å². The molecular formula is C17H20F3N3S. The molecule has 2 heterocycles. The molecule has 1 fully saturated rings. The van der Waals surface area contributed by atoms with Crippen molar-refractivity contribution in [2.75, 3.05) is 25.0 Å². The van der Waals surface area contributed by atoms with Gasteiger partial charge in [-0.15, -0.1) is 11.3 Å². The molecular weight excluding hydrogens is 335 g/mol. The van der Waals surface area contributed by atoms with Crippen LogP contribution in [0.1, 0.15) is 28.8 Å². The standard InChI is InChI=1S/C17H20F3N3S/c1-22(11-13-5-4-6-14(9-13)17(18,19)20)12-15-10-21-16(24-15)23-7-2-3-8-23/h4-6,9-10H,2-3,7-8,11-12H2,1H3. The van der Waals surface area contributed by atoms with Gasteiger partial charge in [0, 0.05) is 37.3 Å². The molecule has 3 nitrogen and oxygen atoms in total. The van der Waals surface area contributed by atoms with E-state index in [1.807, 2.05) is 18.1 Å². The normalized spacial score (nSPS) is 15.5. The van der Waals surface area contributed by atoms with Gasteiger partial charge in [0.15, 0.2) is 5.13 Å². The van der Waals surface area contributed by atoms with Crippen LogP contribution in [-0.2, 0) is 19.3 Å². The van der Waals surface area contributed by atoms with Gasteiger partial charge in [0.05, 0.1) is 5.56 Å². The summed E-state index contributed by atoms with van der Waals surface area (Å²) in [6.07, 6.45) is 0.00651. The average Bonchev–Trinajstić information content (AvgIpc) is 3.17. The molecule has 0 spiro atoms. The molecule has 7 heteroatoms. The summed E-state index contributed by atoms with van der Waals surface area (Å²) < 4.78 is 38.3. The lowest BCUT2D eigenvalue weighted by Gasteiger charge is -2.17. The maximum absolute atomic E-state index is 12.8. The fraction of sp³-hybridized carbons (Fsp3) is 0.471. The molecule has 1 aliphatic heterocycles. The summed E-state index contributed by atoms with van der Waals surface area (Å²) in [7, 11) is 1.91. The number of rotatable bonds is 5. The van der Waals surface area contributed by atoms with E-state index < -0.39 is 11.7 Å². The molecule has 1 aromatic carbocycles. The van der Waals surface area contributed by atoms with Gasteiger partial charge in [-0.3, -0.25) is 4.90 Å². The summed E-state index contributed by atoms with van der Waals surface area (Å²) in [4.78, 5) is 9.91. The van der Waals surface area contributed by atoms with Gasteiger partial charge in [0.1, 0.15) is 0 Å². The third-order valence-electron chi connectivity index (χ3n) is 4.05. The Morgan fingerprint density at radius 3 is 2.67 bits per heavy atom. The molecule has 2 aromatic rings. The highest BCUT2D eigenvalue weighted by Gasteiger charge is 2.30. The number of benzene rings is 1. The van der Waals surface area contributed by atoms with Crippen molar-refractivity contribution in [3.05, 3.63) is 46.5 Å². The minimum atomic E-state index is -4.29. The van der Waals surface area contributed by atoms with E-state index in [0.717, 1.165) is 29.2 Å². The number of hydrogen-bond donors (Lipinski definition) is 0. The van der Waals surface area contributed by atoms with Gasteiger partial charge < -0.3 is 4.90 Å². The maximum Gasteiger partial charge on any atom is 0.416 e. The Bertz CT molecular complexity index is 678. The van der Waals surface area contributed by atoms with Crippen LogP contribution < -0.4 is 4.90 Å². The first-order chi connectivity index (χ1) is 11.4. The molecule has 0 amide bonds. The van der Waals surface area contributed by atoms with Crippen molar-refractivity contribution in [1.29, 1.82) is 0 Å². The van der Waals surface area contributed by atoms with E-state index in [2.05, 4.69) is 9.88 Å². The van der Waals surface area contributed by atoms with E-state index in [1.54, 1.807) is 17.4 Å². The highest BCUT2D eigenvalue weighted by atomic mass is 32.1. The Balaban J connectivity index is 1.60. The number of thiazole rings is 1. The summed E-state index contributed by atoms with van der Waals surface area (Å²) in [6, 6.07) is 5.52. The Morgan fingerprint density at radius 1 is 1.21 bits per heavy atom. The molecule has 0 radical (unpaired) electrons. The van der Waals surface area contributed by atoms with E-state index >= 15 is 0 Å². The smallest absolute Gasteiger partial charge is 0.348 e. The van der Waals surface area contributed by atoms with E-state index in [0.29, 0.717) is 18.7 Å². The highest BCUT2D eigenvalue weighted by Crippen LogP contribution is 2.30. The number of alkyl halides is 3. The van der Waals surface area contributed by atoms with E-state index in [1.165, 1.54) is 25.0 Å². The molecule has 1 aromatic heterocycles. The summed E-state index contributed by atoms with van der Waals surface area (Å²) in [5.41, 5.74) is 0.0686. The first-order valence-electron chi connectivity index (χ1n) is 7.96. The van der Waals surface area contributed by atoms with E-state index in [-0.39, 0.29) is 0 Å². The quantitative estimate of drug-likeness (QED) is 0.793. The second-order valence-corrected chi connectivity index (χ2v) is 7.27. The molecule has 1 aliphatic rings. The molecule has 0 unspecified atom stereocenters. The molecule has 0 saturated carbocycles. The van der Waals surface area contributed by atoms with Gasteiger partial charge >= 0.3 is 6.18 Å². The molecule has 0 N–H and O–H groups in total. The minimum Gasteiger partial charge on any atom is -0.348 e. The molecule has 0 atom stereocenters. The zero-order valence-electron chi connectivity index (χ0n) is 13.5. The molecule has 0 bridgehead atoms. The zero-order valence-corrected chi connectivity index (χ0v) is 14.3. The monoisotopic (exact) mass is 355 g/mol. The van der Waals surface area contributed by atoms with Crippen LogP contribution in [0.5, 0.6) is 0 Å². The second-order valence-electron chi connectivity index (χ2n) is 6.17. The first kappa shape index (κ1) is 17.2. The largest absolute Gasteiger partial charge is 0.416 e. The molecule has 0 aliphatic carbocycles. The van der Waals surface area contributed by atoms with Crippen LogP contribution in [0.3, 0.4) is 0 Å². The maximum atomic E-state index is 12.8. The lowest BCUT2D eigenvalue weighted by molar-refractivity contribution is -0.137. The van der Waals surface area contributed by atoms with Gasteiger partial charge in [-0.1, -0.05) is 18.2 Å². The molecule has 1 saturated heterocycles. The topological polar surface area (TPSA) is 19.4 Å². The second kappa shape index (κ2) is 7.11. The van der Waals surface area contributed by atoms with Crippen LogP contribution in [-0.4, -0.2) is 30.0 Å². The van der Waals surface area contributed by atoms with Gasteiger partial charge in [-0.2, -0.15) is 13.2 Å². The summed E-state index contributed by atoms with van der Waals surface area (Å²) in [5.74, 6) is 0. The van der Waals surface area contributed by atoms with Crippen LogP contribution >= 0.6 is 11.3 Å². The van der Waals surface area contributed by atoms with Crippen molar-refractivity contribution in [3.8, 4) is 0 Å². The zero-order chi connectivity index (χ0) is 17.2. The van der Waals surface area contributed by atoms with Crippen molar-refractivity contribution in [2.45, 2.75) is 32.1 Å². The predicted octanol–water partition coefficient (Wildman–Crippen LogP) is 4.39. The van der Waals surface area contributed by atoms with Gasteiger partial charge in [0.25, 0.3) is 0 Å². The van der Waals surface area contributed by atoms with Crippen molar-refractivity contribution < 1.29 is 13.2 Å². The summed E-state index contributed by atoms with van der Waals surface area (Å²) in [6.45, 7) is 3.28. The Hall–Kier alpha value is -1.60. The number of halogens is 3. The Morgan fingerprint density at radius 2 is 1.96 bits per heavy atom. The fourth-order valence-electron chi connectivity index (χ4n) is 2.90. The van der Waals surface area contributed by atoms with E-state index in [9.17, 15) is 13.2 Å². The number of hydrogen-bond acceptors (Lipinski definition) is 4. The SMILES string of the molecule is CN(Cc1cccc(C(F)(F)F)c1)Cc1cnc(N2CCCC2)s1. The van der Waals surface area contributed by atoms with Crippen molar-refractivity contribution >= 4 is 16.5 Å². The van der Waals surface area contributed by atoms with Crippen molar-refractivity contribution in [2.24, 2.45) is 0 Å². The van der Waals surface area contributed by atoms with Crippen LogP contribution in [0, 0.1) is 0 Å². The molecule has 3 rings (SSSR count). The van der Waals surface area contributed by atoms with Gasteiger partial charge in [-0.05, 0) is 31.5 Å². The predicted molar refractivity (Wildman–Crippen MR) is 90.2 cm³/mol. The Kier molecular flexibility index (Phi) is 5.10. The number of nitrogens with zero attached hydrogens (tertiary/aromatic N) is 3.